The van der Waals surface area contributed by atoms with Crippen LogP contribution in [0, 0.1) is 0 Å². The second-order valence-electron chi connectivity index (χ2n) is 6.53. The summed E-state index contributed by atoms with van der Waals surface area (Å²) < 4.78 is 11.6. The van der Waals surface area contributed by atoms with Crippen molar-refractivity contribution in [2.45, 2.75) is 20.1 Å². The lowest BCUT2D eigenvalue weighted by Gasteiger charge is -2.19. The Morgan fingerprint density at radius 3 is 2.52 bits per heavy atom. The van der Waals surface area contributed by atoms with Gasteiger partial charge in [-0.3, -0.25) is 9.78 Å². The number of aromatic nitrogens is 1. The van der Waals surface area contributed by atoms with E-state index in [0.717, 1.165) is 11.1 Å². The van der Waals surface area contributed by atoms with E-state index in [-0.39, 0.29) is 5.91 Å². The van der Waals surface area contributed by atoms with Gasteiger partial charge >= 0.3 is 0 Å². The second-order valence-corrected chi connectivity index (χ2v) is 6.97. The van der Waals surface area contributed by atoms with Crippen molar-refractivity contribution >= 4 is 17.5 Å². The van der Waals surface area contributed by atoms with Crippen LogP contribution in [-0.2, 0) is 13.2 Å². The molecule has 1 heterocycles. The summed E-state index contributed by atoms with van der Waals surface area (Å²) in [5, 5.41) is 0.651. The molecule has 0 unspecified atom stereocenters. The molecule has 2 aromatic carbocycles. The summed E-state index contributed by atoms with van der Waals surface area (Å²) in [7, 11) is 1.76. The van der Waals surface area contributed by atoms with Gasteiger partial charge in [-0.05, 0) is 60.5 Å². The number of benzene rings is 2. The van der Waals surface area contributed by atoms with Crippen LogP contribution in [0.1, 0.15) is 28.4 Å². The minimum atomic E-state index is -0.105. The van der Waals surface area contributed by atoms with E-state index in [1.54, 1.807) is 42.5 Å². The zero-order valence-electron chi connectivity index (χ0n) is 16.5. The molecule has 1 aromatic heterocycles. The first-order chi connectivity index (χ1) is 14.1. The smallest absolute Gasteiger partial charge is 0.254 e. The van der Waals surface area contributed by atoms with Gasteiger partial charge in [-0.2, -0.15) is 0 Å². The summed E-state index contributed by atoms with van der Waals surface area (Å²) in [6.07, 6.45) is 3.44. The van der Waals surface area contributed by atoms with Crippen LogP contribution >= 0.6 is 11.6 Å². The predicted molar refractivity (Wildman–Crippen MR) is 113 cm³/mol. The third-order valence-corrected chi connectivity index (χ3v) is 4.52. The summed E-state index contributed by atoms with van der Waals surface area (Å²) in [5.74, 6) is 1.04. The molecule has 150 valence electrons. The molecule has 0 fully saturated rings. The normalized spacial score (nSPS) is 10.4. The number of amides is 1. The lowest BCUT2D eigenvalue weighted by Crippen LogP contribution is -2.26. The summed E-state index contributed by atoms with van der Waals surface area (Å²) in [6.45, 7) is 3.22. The second kappa shape index (κ2) is 9.94. The number of carbonyl (C=O) groups excluding carboxylic acids is 1. The lowest BCUT2D eigenvalue weighted by molar-refractivity contribution is 0.0784. The average Bonchev–Trinajstić information content (AvgIpc) is 2.73. The molecule has 0 spiro atoms. The zero-order chi connectivity index (χ0) is 20.6. The van der Waals surface area contributed by atoms with E-state index in [2.05, 4.69) is 4.98 Å². The van der Waals surface area contributed by atoms with Gasteiger partial charge in [0.05, 0.1) is 6.61 Å². The molecule has 0 bridgehead atoms. The highest BCUT2D eigenvalue weighted by Crippen LogP contribution is 2.30. The van der Waals surface area contributed by atoms with Gasteiger partial charge in [-0.15, -0.1) is 0 Å². The molecule has 0 radical (unpaired) electrons. The van der Waals surface area contributed by atoms with Crippen LogP contribution in [-0.4, -0.2) is 29.4 Å². The van der Waals surface area contributed by atoms with Crippen LogP contribution in [0.25, 0.3) is 0 Å². The predicted octanol–water partition coefficient (Wildman–Crippen LogP) is 4.98. The highest BCUT2D eigenvalue weighted by atomic mass is 35.5. The lowest BCUT2D eigenvalue weighted by atomic mass is 10.1. The monoisotopic (exact) mass is 410 g/mol. The Morgan fingerprint density at radius 1 is 1.00 bits per heavy atom. The van der Waals surface area contributed by atoms with Crippen LogP contribution < -0.4 is 9.47 Å². The molecule has 6 heteroatoms. The van der Waals surface area contributed by atoms with Crippen LogP contribution in [0.5, 0.6) is 11.5 Å². The molecular formula is C23H23ClN2O3. The minimum absolute atomic E-state index is 0.105. The quantitative estimate of drug-likeness (QED) is 0.525. The number of nitrogens with zero attached hydrogens (tertiary/aromatic N) is 2. The average molecular weight is 411 g/mol. The van der Waals surface area contributed by atoms with Gasteiger partial charge < -0.3 is 14.4 Å². The van der Waals surface area contributed by atoms with Gasteiger partial charge in [0.1, 0.15) is 6.61 Å². The van der Waals surface area contributed by atoms with Crippen molar-refractivity contribution in [2.24, 2.45) is 0 Å². The van der Waals surface area contributed by atoms with Crippen LogP contribution in [0.4, 0.5) is 0 Å². The molecule has 3 rings (SSSR count). The maximum Gasteiger partial charge on any atom is 0.254 e. The van der Waals surface area contributed by atoms with Crippen molar-refractivity contribution in [3.05, 3.63) is 88.7 Å². The Hall–Kier alpha value is -3.05. The molecule has 0 aliphatic rings. The van der Waals surface area contributed by atoms with E-state index in [1.165, 1.54) is 0 Å². The molecular weight excluding hydrogens is 388 g/mol. The first-order valence-corrected chi connectivity index (χ1v) is 9.73. The van der Waals surface area contributed by atoms with E-state index in [4.69, 9.17) is 21.1 Å². The van der Waals surface area contributed by atoms with E-state index >= 15 is 0 Å². The van der Waals surface area contributed by atoms with Gasteiger partial charge in [0.15, 0.2) is 11.5 Å². The number of hydrogen-bond acceptors (Lipinski definition) is 4. The van der Waals surface area contributed by atoms with Crippen molar-refractivity contribution in [1.82, 2.24) is 9.88 Å². The topological polar surface area (TPSA) is 51.7 Å². The summed E-state index contributed by atoms with van der Waals surface area (Å²) in [5.41, 5.74) is 2.51. The first-order valence-electron chi connectivity index (χ1n) is 9.35. The highest BCUT2D eigenvalue weighted by molar-refractivity contribution is 6.30. The molecule has 0 aliphatic carbocycles. The summed E-state index contributed by atoms with van der Waals surface area (Å²) in [4.78, 5) is 18.5. The fraction of sp³-hybridized carbons (Fsp3) is 0.217. The molecule has 1 amide bonds. The third kappa shape index (κ3) is 5.72. The largest absolute Gasteiger partial charge is 0.490 e. The van der Waals surface area contributed by atoms with Gasteiger partial charge in [0.2, 0.25) is 0 Å². The van der Waals surface area contributed by atoms with Crippen molar-refractivity contribution < 1.29 is 14.3 Å². The molecule has 29 heavy (non-hydrogen) atoms. The van der Waals surface area contributed by atoms with Gasteiger partial charge in [-0.1, -0.05) is 23.7 Å². The van der Waals surface area contributed by atoms with Crippen LogP contribution in [0.2, 0.25) is 5.02 Å². The fourth-order valence-corrected chi connectivity index (χ4v) is 3.08. The Labute approximate surface area is 175 Å². The number of carbonyl (C=O) groups is 1. The Balaban J connectivity index is 1.73. The molecule has 5 nitrogen and oxygen atoms in total. The SMILES string of the molecule is CCOc1cc(C(=O)N(C)Cc2cccc(Cl)c2)ccc1OCc1ccncc1. The Bertz CT molecular complexity index is 963. The summed E-state index contributed by atoms with van der Waals surface area (Å²) >= 11 is 6.03. The number of ether oxygens (including phenoxy) is 2. The molecule has 0 N–H and O–H groups in total. The van der Waals surface area contributed by atoms with E-state index < -0.39 is 0 Å². The minimum Gasteiger partial charge on any atom is -0.490 e. The van der Waals surface area contributed by atoms with Crippen molar-refractivity contribution in [2.75, 3.05) is 13.7 Å². The van der Waals surface area contributed by atoms with Gasteiger partial charge in [-0.25, -0.2) is 0 Å². The fourth-order valence-electron chi connectivity index (χ4n) is 2.87. The third-order valence-electron chi connectivity index (χ3n) is 4.29. The van der Waals surface area contributed by atoms with Gasteiger partial charge in [0, 0.05) is 36.6 Å². The van der Waals surface area contributed by atoms with Crippen LogP contribution in [0.3, 0.4) is 0 Å². The van der Waals surface area contributed by atoms with Crippen molar-refractivity contribution in [3.63, 3.8) is 0 Å². The maximum absolute atomic E-state index is 12.9. The standard InChI is InChI=1S/C23H23ClN2O3/c1-3-28-22-14-19(7-8-21(22)29-16-17-9-11-25-12-10-17)23(27)26(2)15-18-5-4-6-20(24)13-18/h4-14H,3,15-16H2,1-2H3. The molecule has 0 saturated carbocycles. The number of pyridine rings is 1. The molecule has 0 aliphatic heterocycles. The van der Waals surface area contributed by atoms with E-state index in [0.29, 0.717) is 41.8 Å². The number of halogens is 1. The van der Waals surface area contributed by atoms with Crippen LogP contribution in [0.15, 0.2) is 67.0 Å². The molecule has 0 atom stereocenters. The Kier molecular flexibility index (Phi) is 7.09. The van der Waals surface area contributed by atoms with Crippen molar-refractivity contribution in [1.29, 1.82) is 0 Å². The molecule has 3 aromatic rings. The summed E-state index contributed by atoms with van der Waals surface area (Å²) in [6, 6.07) is 16.5. The first kappa shape index (κ1) is 20.7. The number of hydrogen-bond donors (Lipinski definition) is 0. The number of rotatable bonds is 8. The van der Waals surface area contributed by atoms with Crippen molar-refractivity contribution in [3.8, 4) is 11.5 Å². The van der Waals surface area contributed by atoms with Gasteiger partial charge in [0.25, 0.3) is 5.91 Å². The highest BCUT2D eigenvalue weighted by Gasteiger charge is 2.16. The molecule has 0 saturated heterocycles. The van der Waals surface area contributed by atoms with E-state index in [9.17, 15) is 4.79 Å². The maximum atomic E-state index is 12.9. The van der Waals surface area contributed by atoms with E-state index in [1.807, 2.05) is 43.3 Å². The zero-order valence-corrected chi connectivity index (χ0v) is 17.2. The Morgan fingerprint density at radius 2 is 1.79 bits per heavy atom.